The van der Waals surface area contributed by atoms with E-state index < -0.39 is 31.1 Å². The molecule has 1 aromatic carbocycles. The first-order valence-corrected chi connectivity index (χ1v) is 5.48. The highest BCUT2D eigenvalue weighted by molar-refractivity contribution is 9.10. The number of ether oxygens (including phenoxy) is 1. The first kappa shape index (κ1) is 14.7. The second-order valence-electron chi connectivity index (χ2n) is 3.26. The van der Waals surface area contributed by atoms with Crippen molar-refractivity contribution in [1.82, 2.24) is 5.32 Å². The summed E-state index contributed by atoms with van der Waals surface area (Å²) in [5.41, 5.74) is 0. The summed E-state index contributed by atoms with van der Waals surface area (Å²) in [4.78, 5) is 11.0. The van der Waals surface area contributed by atoms with Gasteiger partial charge in [-0.3, -0.25) is 4.79 Å². The lowest BCUT2D eigenvalue weighted by Crippen LogP contribution is -2.36. The number of benzene rings is 1. The number of halogens is 5. The van der Waals surface area contributed by atoms with Gasteiger partial charge in [0.05, 0.1) is 0 Å². The van der Waals surface area contributed by atoms with Gasteiger partial charge in [0.15, 0.2) is 18.2 Å². The molecule has 0 aliphatic rings. The van der Waals surface area contributed by atoms with Gasteiger partial charge in [-0.2, -0.15) is 13.2 Å². The molecule has 3 nitrogen and oxygen atoms in total. The van der Waals surface area contributed by atoms with Crippen molar-refractivity contribution >= 4 is 21.8 Å². The van der Waals surface area contributed by atoms with Gasteiger partial charge in [0.1, 0.15) is 6.54 Å². The molecular weight excluding hydrogens is 322 g/mol. The van der Waals surface area contributed by atoms with Crippen molar-refractivity contribution < 1.29 is 27.1 Å². The van der Waals surface area contributed by atoms with E-state index in [-0.39, 0.29) is 5.75 Å². The van der Waals surface area contributed by atoms with Crippen molar-refractivity contribution in [2.24, 2.45) is 0 Å². The Morgan fingerprint density at radius 3 is 2.67 bits per heavy atom. The van der Waals surface area contributed by atoms with Crippen molar-refractivity contribution in [1.29, 1.82) is 0 Å². The first-order chi connectivity index (χ1) is 8.28. The number of carbonyl (C=O) groups excluding carboxylic acids is 1. The Balaban J connectivity index is 2.45. The van der Waals surface area contributed by atoms with Gasteiger partial charge in [-0.15, -0.1) is 0 Å². The van der Waals surface area contributed by atoms with Gasteiger partial charge in [-0.1, -0.05) is 15.9 Å². The van der Waals surface area contributed by atoms with E-state index in [1.165, 1.54) is 12.1 Å². The van der Waals surface area contributed by atoms with E-state index in [2.05, 4.69) is 15.9 Å². The molecule has 18 heavy (non-hydrogen) atoms. The molecule has 8 heteroatoms. The Morgan fingerprint density at radius 1 is 1.39 bits per heavy atom. The van der Waals surface area contributed by atoms with Gasteiger partial charge in [0.2, 0.25) is 0 Å². The highest BCUT2D eigenvalue weighted by Gasteiger charge is 2.27. The summed E-state index contributed by atoms with van der Waals surface area (Å²) in [6.07, 6.45) is -4.49. The molecule has 0 bridgehead atoms. The molecule has 0 saturated heterocycles. The molecule has 0 fully saturated rings. The Hall–Kier alpha value is -1.31. The summed E-state index contributed by atoms with van der Waals surface area (Å²) in [7, 11) is 0. The van der Waals surface area contributed by atoms with Crippen LogP contribution in [-0.4, -0.2) is 25.2 Å². The molecular formula is C10H8BrF4NO2. The van der Waals surface area contributed by atoms with Crippen LogP contribution in [0.3, 0.4) is 0 Å². The molecule has 0 saturated carbocycles. The fraction of sp³-hybridized carbons (Fsp3) is 0.300. The van der Waals surface area contributed by atoms with Crippen molar-refractivity contribution in [3.8, 4) is 5.75 Å². The highest BCUT2D eigenvalue weighted by Crippen LogP contribution is 2.22. The SMILES string of the molecule is O=C(COc1cc(Br)ccc1F)NCC(F)(F)F. The highest BCUT2D eigenvalue weighted by atomic mass is 79.9. The molecule has 0 aliphatic heterocycles. The van der Waals surface area contributed by atoms with Crippen molar-refractivity contribution in [3.63, 3.8) is 0 Å². The zero-order valence-corrected chi connectivity index (χ0v) is 10.4. The van der Waals surface area contributed by atoms with Gasteiger partial charge in [0.25, 0.3) is 5.91 Å². The number of carbonyl (C=O) groups is 1. The number of nitrogens with one attached hydrogen (secondary N) is 1. The van der Waals surface area contributed by atoms with Crippen molar-refractivity contribution in [2.45, 2.75) is 6.18 Å². The van der Waals surface area contributed by atoms with Crippen LogP contribution in [0.5, 0.6) is 5.75 Å². The summed E-state index contributed by atoms with van der Waals surface area (Å²) in [5.74, 6) is -1.90. The number of amides is 1. The summed E-state index contributed by atoms with van der Waals surface area (Å²) in [6.45, 7) is -2.14. The van der Waals surface area contributed by atoms with Crippen LogP contribution >= 0.6 is 15.9 Å². The maximum absolute atomic E-state index is 13.1. The van der Waals surface area contributed by atoms with E-state index in [4.69, 9.17) is 4.74 Å². The zero-order valence-electron chi connectivity index (χ0n) is 8.85. The van der Waals surface area contributed by atoms with Crippen LogP contribution in [-0.2, 0) is 4.79 Å². The second-order valence-corrected chi connectivity index (χ2v) is 4.17. The maximum Gasteiger partial charge on any atom is 0.405 e. The lowest BCUT2D eigenvalue weighted by Gasteiger charge is -2.10. The minimum absolute atomic E-state index is 0.216. The van der Waals surface area contributed by atoms with Gasteiger partial charge in [0, 0.05) is 4.47 Å². The molecule has 0 aliphatic carbocycles. The van der Waals surface area contributed by atoms with Crippen LogP contribution in [0, 0.1) is 5.82 Å². The smallest absolute Gasteiger partial charge is 0.405 e. The summed E-state index contributed by atoms with van der Waals surface area (Å²) < 4.78 is 53.7. The third-order valence-electron chi connectivity index (χ3n) is 1.74. The van der Waals surface area contributed by atoms with Gasteiger partial charge >= 0.3 is 6.18 Å². The lowest BCUT2D eigenvalue weighted by molar-refractivity contribution is -0.139. The quantitative estimate of drug-likeness (QED) is 0.862. The minimum Gasteiger partial charge on any atom is -0.481 e. The Morgan fingerprint density at radius 2 is 2.06 bits per heavy atom. The average molecular weight is 330 g/mol. The Labute approximate surface area is 108 Å². The largest absolute Gasteiger partial charge is 0.481 e. The average Bonchev–Trinajstić information content (AvgIpc) is 2.26. The van der Waals surface area contributed by atoms with Gasteiger partial charge < -0.3 is 10.1 Å². The van der Waals surface area contributed by atoms with E-state index in [9.17, 15) is 22.4 Å². The van der Waals surface area contributed by atoms with Crippen LogP contribution in [0.15, 0.2) is 22.7 Å². The number of alkyl halides is 3. The molecule has 0 heterocycles. The summed E-state index contributed by atoms with van der Waals surface area (Å²) in [5, 5.41) is 1.60. The molecule has 0 radical (unpaired) electrons. The maximum atomic E-state index is 13.1. The fourth-order valence-electron chi connectivity index (χ4n) is 0.981. The molecule has 1 rings (SSSR count). The first-order valence-electron chi connectivity index (χ1n) is 4.69. The van der Waals surface area contributed by atoms with Crippen LogP contribution in [0.2, 0.25) is 0 Å². The molecule has 100 valence electrons. The molecule has 0 unspecified atom stereocenters. The van der Waals surface area contributed by atoms with E-state index in [0.717, 1.165) is 6.07 Å². The predicted molar refractivity (Wildman–Crippen MR) is 58.7 cm³/mol. The molecule has 0 spiro atoms. The molecule has 1 N–H and O–H groups in total. The second kappa shape index (κ2) is 6.03. The van der Waals surface area contributed by atoms with Crippen LogP contribution in [0.4, 0.5) is 17.6 Å². The van der Waals surface area contributed by atoms with Gasteiger partial charge in [-0.25, -0.2) is 4.39 Å². The number of hydrogen-bond donors (Lipinski definition) is 1. The standard InChI is InChI=1S/C10H8BrF4NO2/c11-6-1-2-7(12)8(3-6)18-4-9(17)16-5-10(13,14)15/h1-3H,4-5H2,(H,16,17). The topological polar surface area (TPSA) is 38.3 Å². The third-order valence-corrected chi connectivity index (χ3v) is 2.23. The fourth-order valence-corrected chi connectivity index (χ4v) is 1.32. The monoisotopic (exact) mass is 329 g/mol. The molecule has 0 atom stereocenters. The van der Waals surface area contributed by atoms with Crippen molar-refractivity contribution in [2.75, 3.05) is 13.2 Å². The Kier molecular flexibility index (Phi) is 4.94. The van der Waals surface area contributed by atoms with E-state index in [1.807, 2.05) is 0 Å². The van der Waals surface area contributed by atoms with Crippen LogP contribution < -0.4 is 10.1 Å². The summed E-state index contributed by atoms with van der Waals surface area (Å²) >= 11 is 3.06. The number of hydrogen-bond acceptors (Lipinski definition) is 2. The number of rotatable bonds is 4. The normalized spacial score (nSPS) is 11.2. The van der Waals surface area contributed by atoms with Gasteiger partial charge in [-0.05, 0) is 18.2 Å². The molecule has 1 aromatic rings. The molecule has 0 aromatic heterocycles. The predicted octanol–water partition coefficient (Wildman–Crippen LogP) is 2.65. The lowest BCUT2D eigenvalue weighted by atomic mass is 10.3. The van der Waals surface area contributed by atoms with E-state index in [1.54, 1.807) is 5.32 Å². The van der Waals surface area contributed by atoms with Crippen molar-refractivity contribution in [3.05, 3.63) is 28.5 Å². The summed E-state index contributed by atoms with van der Waals surface area (Å²) in [6, 6.07) is 3.80. The van der Waals surface area contributed by atoms with E-state index in [0.29, 0.717) is 4.47 Å². The Bertz CT molecular complexity index is 436. The molecule has 1 amide bonds. The van der Waals surface area contributed by atoms with Crippen LogP contribution in [0.1, 0.15) is 0 Å². The van der Waals surface area contributed by atoms with Crippen LogP contribution in [0.25, 0.3) is 0 Å². The zero-order chi connectivity index (χ0) is 13.8. The van der Waals surface area contributed by atoms with E-state index >= 15 is 0 Å². The third kappa shape index (κ3) is 5.35. The minimum atomic E-state index is -4.49.